The summed E-state index contributed by atoms with van der Waals surface area (Å²) in [4.78, 5) is 0. The molecule has 0 aliphatic carbocycles. The number of allylic oxidation sites excluding steroid dienone is 3. The Bertz CT molecular complexity index is 257. The van der Waals surface area contributed by atoms with Gasteiger partial charge in [0.1, 0.15) is 0 Å². The summed E-state index contributed by atoms with van der Waals surface area (Å²) in [6.45, 7) is 10.3. The minimum atomic E-state index is -1.82. The molecule has 0 fully saturated rings. The fraction of sp³-hybridized carbons (Fsp3) is 0.714. The molecule has 99 valence electrons. The van der Waals surface area contributed by atoms with Gasteiger partial charge in [-0.3, -0.25) is 0 Å². The fourth-order valence-corrected chi connectivity index (χ4v) is 1.49. The van der Waals surface area contributed by atoms with Crippen molar-refractivity contribution in [2.75, 3.05) is 13.2 Å². The van der Waals surface area contributed by atoms with Crippen molar-refractivity contribution in [3.8, 4) is 0 Å². The van der Waals surface area contributed by atoms with Crippen molar-refractivity contribution < 1.29 is 14.6 Å². The molecule has 0 saturated heterocycles. The molecule has 0 atom stereocenters. The smallest absolute Gasteiger partial charge is 0.323 e. The van der Waals surface area contributed by atoms with E-state index in [1.807, 2.05) is 6.92 Å². The standard InChI is InChI=1S/C14H25O3/c1-6-16-14(15,17-7-2)11-13(5)10-8-9-12(3)4/h9,11H,6-8,10H2,1-5H3/b13-11+. The Morgan fingerprint density at radius 1 is 1.12 bits per heavy atom. The van der Waals surface area contributed by atoms with E-state index in [-0.39, 0.29) is 0 Å². The third kappa shape index (κ3) is 8.13. The lowest BCUT2D eigenvalue weighted by Crippen LogP contribution is -2.32. The van der Waals surface area contributed by atoms with E-state index in [9.17, 15) is 5.11 Å². The summed E-state index contributed by atoms with van der Waals surface area (Å²) >= 11 is 0. The van der Waals surface area contributed by atoms with Crippen LogP contribution in [0.4, 0.5) is 0 Å². The molecule has 3 heteroatoms. The number of hydrogen-bond donors (Lipinski definition) is 0. The van der Waals surface area contributed by atoms with Crippen LogP contribution in [0, 0.1) is 0 Å². The molecular formula is C14H25O3. The van der Waals surface area contributed by atoms with Crippen molar-refractivity contribution in [1.29, 1.82) is 0 Å². The Morgan fingerprint density at radius 2 is 1.65 bits per heavy atom. The van der Waals surface area contributed by atoms with Gasteiger partial charge in [0.2, 0.25) is 0 Å². The molecule has 0 amide bonds. The zero-order valence-electron chi connectivity index (χ0n) is 11.7. The van der Waals surface area contributed by atoms with Crippen molar-refractivity contribution in [2.45, 2.75) is 53.4 Å². The average Bonchev–Trinajstić information content (AvgIpc) is 2.16. The van der Waals surface area contributed by atoms with E-state index in [4.69, 9.17) is 9.47 Å². The first-order chi connectivity index (χ1) is 7.93. The molecule has 1 radical (unpaired) electrons. The second kappa shape index (κ2) is 8.45. The van der Waals surface area contributed by atoms with Crippen LogP contribution in [0.1, 0.15) is 47.5 Å². The van der Waals surface area contributed by atoms with Crippen molar-refractivity contribution in [1.82, 2.24) is 0 Å². The lowest BCUT2D eigenvalue weighted by molar-refractivity contribution is -0.353. The molecule has 0 aromatic carbocycles. The van der Waals surface area contributed by atoms with Crippen LogP contribution in [0.5, 0.6) is 0 Å². The minimum absolute atomic E-state index is 0.348. The fourth-order valence-electron chi connectivity index (χ4n) is 1.49. The van der Waals surface area contributed by atoms with Crippen LogP contribution in [-0.4, -0.2) is 19.2 Å². The van der Waals surface area contributed by atoms with E-state index in [1.54, 1.807) is 19.9 Å². The minimum Gasteiger partial charge on any atom is -0.323 e. The third-order valence-electron chi connectivity index (χ3n) is 2.21. The van der Waals surface area contributed by atoms with Crippen molar-refractivity contribution >= 4 is 0 Å². The predicted octanol–water partition coefficient (Wildman–Crippen LogP) is 3.84. The van der Waals surface area contributed by atoms with Crippen LogP contribution in [0.2, 0.25) is 0 Å². The van der Waals surface area contributed by atoms with Crippen LogP contribution >= 0.6 is 0 Å². The molecule has 17 heavy (non-hydrogen) atoms. The maximum atomic E-state index is 12.1. The van der Waals surface area contributed by atoms with E-state index >= 15 is 0 Å². The zero-order chi connectivity index (χ0) is 13.3. The van der Waals surface area contributed by atoms with Crippen LogP contribution in [-0.2, 0) is 14.6 Å². The molecule has 0 bridgehead atoms. The van der Waals surface area contributed by atoms with Gasteiger partial charge in [-0.1, -0.05) is 17.2 Å². The highest BCUT2D eigenvalue weighted by Gasteiger charge is 2.27. The van der Waals surface area contributed by atoms with E-state index in [0.29, 0.717) is 13.2 Å². The monoisotopic (exact) mass is 241 g/mol. The SMILES string of the molecule is CCOC([O])(/C=C(\C)CCC=C(C)C)OCC. The average molecular weight is 241 g/mol. The van der Waals surface area contributed by atoms with Crippen LogP contribution < -0.4 is 0 Å². The second-order valence-electron chi connectivity index (χ2n) is 4.28. The summed E-state index contributed by atoms with van der Waals surface area (Å²) in [5.41, 5.74) is 2.29. The maximum absolute atomic E-state index is 12.1. The molecule has 0 aromatic rings. The lowest BCUT2D eigenvalue weighted by atomic mass is 10.1. The molecule has 3 nitrogen and oxygen atoms in total. The van der Waals surface area contributed by atoms with Gasteiger partial charge in [0.05, 0.1) is 13.2 Å². The Kier molecular flexibility index (Phi) is 8.13. The van der Waals surface area contributed by atoms with Gasteiger partial charge >= 0.3 is 5.97 Å². The van der Waals surface area contributed by atoms with E-state index < -0.39 is 5.97 Å². The molecular weight excluding hydrogens is 216 g/mol. The van der Waals surface area contributed by atoms with Gasteiger partial charge in [0.25, 0.3) is 0 Å². The first kappa shape index (κ1) is 16.4. The molecule has 0 aliphatic rings. The largest absolute Gasteiger partial charge is 0.333 e. The quantitative estimate of drug-likeness (QED) is 0.478. The highest BCUT2D eigenvalue weighted by molar-refractivity contribution is 5.05. The van der Waals surface area contributed by atoms with Gasteiger partial charge in [-0.05, 0) is 47.5 Å². The van der Waals surface area contributed by atoms with E-state index in [0.717, 1.165) is 18.4 Å². The van der Waals surface area contributed by atoms with Crippen LogP contribution in [0.15, 0.2) is 23.3 Å². The summed E-state index contributed by atoms with van der Waals surface area (Å²) in [5, 5.41) is 12.1. The first-order valence-corrected chi connectivity index (χ1v) is 6.23. The van der Waals surface area contributed by atoms with Gasteiger partial charge in [-0.15, -0.1) is 0 Å². The molecule has 0 N–H and O–H groups in total. The van der Waals surface area contributed by atoms with E-state index in [2.05, 4.69) is 19.9 Å². The second-order valence-corrected chi connectivity index (χ2v) is 4.28. The number of ether oxygens (including phenoxy) is 2. The Hall–Kier alpha value is -0.640. The summed E-state index contributed by atoms with van der Waals surface area (Å²) < 4.78 is 10.2. The molecule has 0 aromatic heterocycles. The van der Waals surface area contributed by atoms with Crippen LogP contribution in [0.25, 0.3) is 0 Å². The summed E-state index contributed by atoms with van der Waals surface area (Å²) in [6.07, 6.45) is 5.50. The molecule has 0 heterocycles. The summed E-state index contributed by atoms with van der Waals surface area (Å²) in [5.74, 6) is -1.82. The van der Waals surface area contributed by atoms with Gasteiger partial charge in [-0.25, -0.2) is 0 Å². The summed E-state index contributed by atoms with van der Waals surface area (Å²) in [7, 11) is 0. The lowest BCUT2D eigenvalue weighted by Gasteiger charge is -2.22. The van der Waals surface area contributed by atoms with Gasteiger partial charge < -0.3 is 9.47 Å². The topological polar surface area (TPSA) is 38.4 Å². The molecule has 0 unspecified atom stereocenters. The predicted molar refractivity (Wildman–Crippen MR) is 69.1 cm³/mol. The van der Waals surface area contributed by atoms with Crippen LogP contribution in [0.3, 0.4) is 0 Å². The maximum Gasteiger partial charge on any atom is 0.333 e. The van der Waals surface area contributed by atoms with Crippen molar-refractivity contribution in [2.24, 2.45) is 0 Å². The van der Waals surface area contributed by atoms with Gasteiger partial charge in [-0.2, -0.15) is 5.11 Å². The normalized spacial score (nSPS) is 12.7. The zero-order valence-corrected chi connectivity index (χ0v) is 11.7. The first-order valence-electron chi connectivity index (χ1n) is 6.23. The molecule has 0 spiro atoms. The number of rotatable bonds is 8. The number of hydrogen-bond acceptors (Lipinski definition) is 2. The Balaban J connectivity index is 4.42. The van der Waals surface area contributed by atoms with Gasteiger partial charge in [0.15, 0.2) is 0 Å². The van der Waals surface area contributed by atoms with Crippen molar-refractivity contribution in [3.63, 3.8) is 0 Å². The molecule has 0 saturated carbocycles. The Morgan fingerprint density at radius 3 is 2.06 bits per heavy atom. The molecule has 0 aliphatic heterocycles. The van der Waals surface area contributed by atoms with Gasteiger partial charge in [0, 0.05) is 6.08 Å². The highest BCUT2D eigenvalue weighted by Crippen LogP contribution is 2.17. The third-order valence-corrected chi connectivity index (χ3v) is 2.21. The van der Waals surface area contributed by atoms with Crippen molar-refractivity contribution in [3.05, 3.63) is 23.3 Å². The summed E-state index contributed by atoms with van der Waals surface area (Å²) in [6, 6.07) is 0. The highest BCUT2D eigenvalue weighted by atomic mass is 16.8. The Labute approximate surface area is 105 Å². The molecule has 0 rings (SSSR count). The van der Waals surface area contributed by atoms with E-state index in [1.165, 1.54) is 5.57 Å².